The molecular weight excluding hydrogens is 567 g/mol. The molecule has 2 aliphatic rings. The van der Waals surface area contributed by atoms with Crippen LogP contribution >= 0.6 is 0 Å². The second kappa shape index (κ2) is 14.1. The van der Waals surface area contributed by atoms with E-state index in [1.165, 1.54) is 24.6 Å². The molecular formula is C30H35FN2O10. The van der Waals surface area contributed by atoms with E-state index in [1.807, 2.05) is 18.2 Å². The quantitative estimate of drug-likeness (QED) is 0.269. The maximum atomic E-state index is 13.4. The first-order chi connectivity index (χ1) is 20.2. The predicted octanol–water partition coefficient (Wildman–Crippen LogP) is 2.49. The van der Waals surface area contributed by atoms with E-state index in [1.54, 1.807) is 19.2 Å². The first-order valence-electron chi connectivity index (χ1n) is 13.4. The molecule has 2 aliphatic heterocycles. The molecule has 1 saturated heterocycles. The fraction of sp³-hybridized carbons (Fsp3) is 0.400. The number of nitrogens with zero attached hydrogens (tertiary/aromatic N) is 1. The van der Waals surface area contributed by atoms with Gasteiger partial charge in [0, 0.05) is 32.1 Å². The highest BCUT2D eigenvalue weighted by molar-refractivity contribution is 5.88. The Morgan fingerprint density at radius 3 is 2.14 bits per heavy atom. The predicted molar refractivity (Wildman–Crippen MR) is 151 cm³/mol. The number of carbonyl (C=O) groups excluding carboxylic acids is 1. The highest BCUT2D eigenvalue weighted by Gasteiger charge is 2.41. The number of benzene rings is 2. The van der Waals surface area contributed by atoms with Gasteiger partial charge in [-0.15, -0.1) is 0 Å². The number of carbonyl (C=O) groups is 4. The van der Waals surface area contributed by atoms with Gasteiger partial charge >= 0.3 is 17.9 Å². The highest BCUT2D eigenvalue weighted by Crippen LogP contribution is 2.35. The van der Waals surface area contributed by atoms with Crippen LogP contribution in [-0.2, 0) is 24.7 Å². The van der Waals surface area contributed by atoms with Crippen molar-refractivity contribution in [2.45, 2.75) is 43.7 Å². The Morgan fingerprint density at radius 1 is 1.02 bits per heavy atom. The number of halogens is 1. The normalized spacial score (nSPS) is 15.9. The lowest BCUT2D eigenvalue weighted by atomic mass is 9.80. The summed E-state index contributed by atoms with van der Waals surface area (Å²) in [7, 11) is 1.66. The molecule has 0 aliphatic carbocycles. The molecule has 43 heavy (non-hydrogen) atoms. The third kappa shape index (κ3) is 9.00. The number of fused-ring (bicyclic) bond motifs is 1. The summed E-state index contributed by atoms with van der Waals surface area (Å²) in [5.41, 5.74) is 0.0153. The van der Waals surface area contributed by atoms with E-state index in [4.69, 9.17) is 29.9 Å². The minimum absolute atomic E-state index is 0.0679. The van der Waals surface area contributed by atoms with Crippen LogP contribution in [0.2, 0.25) is 0 Å². The zero-order valence-corrected chi connectivity index (χ0v) is 23.8. The van der Waals surface area contributed by atoms with Crippen molar-refractivity contribution in [2.75, 3.05) is 33.4 Å². The SMILES string of the molecule is COc1ccc2c(c1)C=C(CN1CCC(NC(C)=O)(c3ccc(F)cc3)CC1)CO2.O=C(O)CC(O)(CC(=O)O)C(=O)O. The minimum Gasteiger partial charge on any atom is -0.497 e. The van der Waals surface area contributed by atoms with Crippen molar-refractivity contribution in [2.24, 2.45) is 0 Å². The molecule has 0 aromatic heterocycles. The number of nitrogens with one attached hydrogen (secondary N) is 1. The Morgan fingerprint density at radius 2 is 1.63 bits per heavy atom. The molecule has 1 fully saturated rings. The standard InChI is InChI=1S/C24H27FN2O3.C6H8O7/c1-17(28)26-24(20-3-5-21(25)6-4-20)9-11-27(12-10-24)15-18-13-19-14-22(29-2)7-8-23(19)30-16-18;7-3(8)1-6(13,5(11)12)2-4(9)10/h3-8,13-14H,9-12,15-16H2,1-2H3,(H,26,28);13H,1-2H2,(H,7,8)(H,9,10)(H,11,12). The fourth-order valence-electron chi connectivity index (χ4n) is 5.11. The molecule has 0 radical (unpaired) electrons. The molecule has 0 spiro atoms. The Bertz CT molecular complexity index is 1350. The Hall–Kier alpha value is -4.49. The molecule has 2 heterocycles. The lowest BCUT2D eigenvalue weighted by molar-refractivity contribution is -0.170. The molecule has 0 bridgehead atoms. The van der Waals surface area contributed by atoms with Gasteiger partial charge in [0.1, 0.15) is 23.9 Å². The smallest absolute Gasteiger partial charge is 0.336 e. The maximum absolute atomic E-state index is 13.4. The summed E-state index contributed by atoms with van der Waals surface area (Å²) in [5, 5.41) is 37.0. The molecule has 0 saturated carbocycles. The molecule has 4 rings (SSSR count). The van der Waals surface area contributed by atoms with Gasteiger partial charge in [-0.1, -0.05) is 12.1 Å². The average Bonchev–Trinajstić information content (AvgIpc) is 2.93. The number of ether oxygens (including phenoxy) is 2. The van der Waals surface area contributed by atoms with Crippen LogP contribution in [0.3, 0.4) is 0 Å². The number of hydrogen-bond acceptors (Lipinski definition) is 8. The molecule has 2 aromatic carbocycles. The van der Waals surface area contributed by atoms with Crippen molar-refractivity contribution in [3.63, 3.8) is 0 Å². The minimum atomic E-state index is -2.74. The van der Waals surface area contributed by atoms with Crippen LogP contribution in [0.5, 0.6) is 11.5 Å². The van der Waals surface area contributed by atoms with Crippen LogP contribution in [0.4, 0.5) is 4.39 Å². The van der Waals surface area contributed by atoms with E-state index in [0.717, 1.165) is 55.1 Å². The van der Waals surface area contributed by atoms with E-state index < -0.39 is 41.9 Å². The third-order valence-corrected chi connectivity index (χ3v) is 7.22. The second-order valence-corrected chi connectivity index (χ2v) is 10.5. The number of carboxylic acid groups (broad SMARTS) is 3. The highest BCUT2D eigenvalue weighted by atomic mass is 19.1. The molecule has 13 heteroatoms. The third-order valence-electron chi connectivity index (χ3n) is 7.22. The molecule has 0 unspecified atom stereocenters. The van der Waals surface area contributed by atoms with E-state index in [0.29, 0.717) is 6.61 Å². The lowest BCUT2D eigenvalue weighted by Crippen LogP contribution is -2.53. The zero-order chi connectivity index (χ0) is 31.8. The maximum Gasteiger partial charge on any atom is 0.336 e. The van der Waals surface area contributed by atoms with Gasteiger partial charge in [0.15, 0.2) is 5.60 Å². The summed E-state index contributed by atoms with van der Waals surface area (Å²) in [6.07, 6.45) is 1.44. The second-order valence-electron chi connectivity index (χ2n) is 10.5. The number of hydrogen-bond donors (Lipinski definition) is 5. The van der Waals surface area contributed by atoms with E-state index in [9.17, 15) is 23.6 Å². The van der Waals surface area contributed by atoms with Crippen LogP contribution < -0.4 is 14.8 Å². The summed E-state index contributed by atoms with van der Waals surface area (Å²) in [4.78, 5) is 44.8. The van der Waals surface area contributed by atoms with Gasteiger partial charge in [0.2, 0.25) is 5.91 Å². The van der Waals surface area contributed by atoms with Crippen molar-refractivity contribution in [1.82, 2.24) is 10.2 Å². The van der Waals surface area contributed by atoms with Gasteiger partial charge in [-0.05, 0) is 60.4 Å². The summed E-state index contributed by atoms with van der Waals surface area (Å²) in [6.45, 7) is 4.59. The molecule has 12 nitrogen and oxygen atoms in total. The number of amides is 1. The number of likely N-dealkylation sites (tertiary alicyclic amines) is 1. The average molecular weight is 603 g/mol. The molecule has 232 valence electrons. The van der Waals surface area contributed by atoms with E-state index in [2.05, 4.69) is 16.3 Å². The van der Waals surface area contributed by atoms with Gasteiger partial charge < -0.3 is 35.2 Å². The van der Waals surface area contributed by atoms with Gasteiger partial charge in [-0.25, -0.2) is 9.18 Å². The van der Waals surface area contributed by atoms with Gasteiger partial charge in [0.25, 0.3) is 0 Å². The molecule has 2 aromatic rings. The van der Waals surface area contributed by atoms with Crippen LogP contribution in [0.1, 0.15) is 43.7 Å². The fourth-order valence-corrected chi connectivity index (χ4v) is 5.11. The molecule has 1 amide bonds. The number of aliphatic carboxylic acids is 3. The Labute approximate surface area is 247 Å². The van der Waals surface area contributed by atoms with Gasteiger partial charge in [-0.2, -0.15) is 0 Å². The van der Waals surface area contributed by atoms with Crippen molar-refractivity contribution >= 4 is 29.9 Å². The van der Waals surface area contributed by atoms with Crippen LogP contribution in [-0.4, -0.2) is 88.1 Å². The monoisotopic (exact) mass is 602 g/mol. The van der Waals surface area contributed by atoms with Crippen molar-refractivity contribution in [3.05, 3.63) is 65.0 Å². The summed E-state index contributed by atoms with van der Waals surface area (Å²) in [6, 6.07) is 12.3. The van der Waals surface area contributed by atoms with Crippen LogP contribution in [0.15, 0.2) is 48.0 Å². The number of aliphatic hydroxyl groups is 1. The molecule has 5 N–H and O–H groups in total. The topological polar surface area (TPSA) is 183 Å². The lowest BCUT2D eigenvalue weighted by Gasteiger charge is -2.43. The number of methoxy groups -OCH3 is 1. The van der Waals surface area contributed by atoms with E-state index >= 15 is 0 Å². The summed E-state index contributed by atoms with van der Waals surface area (Å²) < 4.78 is 24.6. The van der Waals surface area contributed by atoms with Crippen molar-refractivity contribution in [1.29, 1.82) is 0 Å². The van der Waals surface area contributed by atoms with Crippen molar-refractivity contribution < 1.29 is 53.5 Å². The summed E-state index contributed by atoms with van der Waals surface area (Å²) in [5.74, 6) is -3.67. The zero-order valence-electron chi connectivity index (χ0n) is 23.8. The Kier molecular flexibility index (Phi) is 10.8. The summed E-state index contributed by atoms with van der Waals surface area (Å²) >= 11 is 0. The number of carboxylic acids is 3. The largest absolute Gasteiger partial charge is 0.497 e. The van der Waals surface area contributed by atoms with Crippen LogP contribution in [0.25, 0.3) is 6.08 Å². The van der Waals surface area contributed by atoms with Gasteiger partial charge in [0.05, 0.1) is 25.5 Å². The molecule has 0 atom stereocenters. The van der Waals surface area contributed by atoms with Gasteiger partial charge in [-0.3, -0.25) is 19.3 Å². The first-order valence-corrected chi connectivity index (χ1v) is 13.4. The van der Waals surface area contributed by atoms with Crippen molar-refractivity contribution in [3.8, 4) is 11.5 Å². The first kappa shape index (κ1) is 33.0. The number of piperidine rings is 1. The van der Waals surface area contributed by atoms with E-state index in [-0.39, 0.29) is 11.7 Å². The van der Waals surface area contributed by atoms with Crippen LogP contribution in [0, 0.1) is 5.82 Å². The Balaban J connectivity index is 0.000000331. The number of rotatable bonds is 10.